The van der Waals surface area contributed by atoms with Crippen LogP contribution in [0.4, 0.5) is 0 Å². The molecule has 0 aliphatic rings. The van der Waals surface area contributed by atoms with Crippen LogP contribution in [0.2, 0.25) is 0 Å². The van der Waals surface area contributed by atoms with E-state index in [2.05, 4.69) is 26.0 Å². The minimum absolute atomic E-state index is 0.0566. The first kappa shape index (κ1) is 17.7. The second kappa shape index (κ2) is 10.4. The van der Waals surface area contributed by atoms with Crippen molar-refractivity contribution in [2.45, 2.75) is 59.2 Å². The Hall–Kier alpha value is -1.35. The van der Waals surface area contributed by atoms with Crippen LogP contribution >= 0.6 is 0 Å². The Morgan fingerprint density at radius 1 is 1.19 bits per heavy atom. The van der Waals surface area contributed by atoms with Crippen molar-refractivity contribution in [3.8, 4) is 0 Å². The molecular formula is C18H28O3. The van der Waals surface area contributed by atoms with Gasteiger partial charge in [-0.3, -0.25) is 4.79 Å². The Balaban J connectivity index is 2.49. The summed E-state index contributed by atoms with van der Waals surface area (Å²) in [6.45, 7) is 7.10. The van der Waals surface area contributed by atoms with E-state index in [0.717, 1.165) is 24.8 Å². The molecule has 0 saturated heterocycles. The Morgan fingerprint density at radius 2 is 1.90 bits per heavy atom. The number of unbranched alkanes of at least 4 members (excludes halogenated alkanes) is 1. The van der Waals surface area contributed by atoms with E-state index in [1.54, 1.807) is 0 Å². The molecule has 2 unspecified atom stereocenters. The van der Waals surface area contributed by atoms with Crippen molar-refractivity contribution in [1.82, 2.24) is 0 Å². The maximum atomic E-state index is 11.7. The van der Waals surface area contributed by atoms with E-state index in [0.29, 0.717) is 19.6 Å². The molecule has 0 radical (unpaired) electrons. The van der Waals surface area contributed by atoms with Crippen molar-refractivity contribution >= 4 is 5.97 Å². The quantitative estimate of drug-likeness (QED) is 0.601. The molecule has 0 N–H and O–H groups in total. The average molecular weight is 292 g/mol. The zero-order valence-corrected chi connectivity index (χ0v) is 13.5. The molecule has 0 amide bonds. The van der Waals surface area contributed by atoms with Crippen molar-refractivity contribution in [3.63, 3.8) is 0 Å². The van der Waals surface area contributed by atoms with Crippen molar-refractivity contribution in [2.24, 2.45) is 5.92 Å². The smallest absolute Gasteiger partial charge is 0.306 e. The van der Waals surface area contributed by atoms with E-state index in [9.17, 15) is 4.79 Å². The molecule has 3 heteroatoms. The lowest BCUT2D eigenvalue weighted by Gasteiger charge is -2.23. The average Bonchev–Trinajstić information content (AvgIpc) is 2.50. The Kier molecular flexibility index (Phi) is 8.76. The zero-order chi connectivity index (χ0) is 15.5. The number of rotatable bonds is 10. The Bertz CT molecular complexity index is 389. The molecule has 3 nitrogen and oxygen atoms in total. The summed E-state index contributed by atoms with van der Waals surface area (Å²) in [6, 6.07) is 10.1. The highest BCUT2D eigenvalue weighted by Gasteiger charge is 2.21. The van der Waals surface area contributed by atoms with Crippen LogP contribution in [0, 0.1) is 5.92 Å². The van der Waals surface area contributed by atoms with Crippen molar-refractivity contribution in [3.05, 3.63) is 35.9 Å². The number of carbonyl (C=O) groups is 1. The highest BCUT2D eigenvalue weighted by atomic mass is 16.5. The normalized spacial score (nSPS) is 13.7. The van der Waals surface area contributed by atoms with Crippen LogP contribution in [0.15, 0.2) is 30.3 Å². The molecule has 2 atom stereocenters. The van der Waals surface area contributed by atoms with Crippen molar-refractivity contribution in [2.75, 3.05) is 6.61 Å². The van der Waals surface area contributed by atoms with Gasteiger partial charge in [0.1, 0.15) is 0 Å². The van der Waals surface area contributed by atoms with E-state index in [1.165, 1.54) is 0 Å². The molecule has 0 heterocycles. The molecule has 118 valence electrons. The monoisotopic (exact) mass is 292 g/mol. The number of carbonyl (C=O) groups excluding carboxylic acids is 1. The summed E-state index contributed by atoms with van der Waals surface area (Å²) < 4.78 is 11.0. The van der Waals surface area contributed by atoms with Crippen LogP contribution < -0.4 is 0 Å². The predicted molar refractivity (Wildman–Crippen MR) is 85.0 cm³/mol. The number of hydrogen-bond donors (Lipinski definition) is 0. The van der Waals surface area contributed by atoms with Gasteiger partial charge < -0.3 is 9.47 Å². The van der Waals surface area contributed by atoms with Crippen LogP contribution in [-0.2, 0) is 20.9 Å². The van der Waals surface area contributed by atoms with Gasteiger partial charge in [-0.05, 0) is 31.7 Å². The Morgan fingerprint density at radius 3 is 2.52 bits per heavy atom. The number of benzene rings is 1. The number of esters is 1. The summed E-state index contributed by atoms with van der Waals surface area (Å²) in [5, 5.41) is 0. The summed E-state index contributed by atoms with van der Waals surface area (Å²) in [7, 11) is 0. The third kappa shape index (κ3) is 7.28. The van der Waals surface area contributed by atoms with Gasteiger partial charge in [-0.2, -0.15) is 0 Å². The van der Waals surface area contributed by atoms with Crippen LogP contribution in [0.1, 0.15) is 52.0 Å². The van der Waals surface area contributed by atoms with Gasteiger partial charge >= 0.3 is 5.97 Å². The van der Waals surface area contributed by atoms with Crippen LogP contribution in [0.25, 0.3) is 0 Å². The fourth-order valence-electron chi connectivity index (χ4n) is 2.34. The third-order valence-corrected chi connectivity index (χ3v) is 3.68. The van der Waals surface area contributed by atoms with E-state index >= 15 is 0 Å². The van der Waals surface area contributed by atoms with Gasteiger partial charge in [0.05, 0.1) is 25.7 Å². The first-order chi connectivity index (χ1) is 10.2. The fourth-order valence-corrected chi connectivity index (χ4v) is 2.34. The lowest BCUT2D eigenvalue weighted by molar-refractivity contribution is -0.145. The number of hydrogen-bond acceptors (Lipinski definition) is 3. The van der Waals surface area contributed by atoms with E-state index in [-0.39, 0.29) is 18.0 Å². The van der Waals surface area contributed by atoms with Gasteiger partial charge in [-0.1, -0.05) is 50.1 Å². The van der Waals surface area contributed by atoms with Crippen LogP contribution in [0.5, 0.6) is 0 Å². The van der Waals surface area contributed by atoms with Gasteiger partial charge in [0.25, 0.3) is 0 Å². The zero-order valence-electron chi connectivity index (χ0n) is 13.5. The van der Waals surface area contributed by atoms with Crippen LogP contribution in [-0.4, -0.2) is 18.7 Å². The summed E-state index contributed by atoms with van der Waals surface area (Å²) in [6.07, 6.45) is 3.75. The minimum Gasteiger partial charge on any atom is -0.466 e. The molecule has 0 bridgehead atoms. The van der Waals surface area contributed by atoms with E-state index < -0.39 is 0 Å². The molecule has 1 aromatic carbocycles. The molecule has 21 heavy (non-hydrogen) atoms. The highest BCUT2D eigenvalue weighted by Crippen LogP contribution is 2.21. The van der Waals surface area contributed by atoms with Gasteiger partial charge in [0, 0.05) is 0 Å². The maximum Gasteiger partial charge on any atom is 0.306 e. The summed E-state index contributed by atoms with van der Waals surface area (Å²) in [4.78, 5) is 11.7. The second-order valence-corrected chi connectivity index (χ2v) is 5.41. The van der Waals surface area contributed by atoms with E-state index in [1.807, 2.05) is 25.1 Å². The molecule has 0 spiro atoms. The standard InChI is InChI=1S/C18H28O3/c1-4-6-12-17(13-18(19)20-5-2)15(3)21-14-16-10-8-7-9-11-16/h7-11,15,17H,4-6,12-14H2,1-3H3. The molecule has 0 aromatic heterocycles. The molecule has 1 rings (SSSR count). The first-order valence-electron chi connectivity index (χ1n) is 7.98. The van der Waals surface area contributed by atoms with Gasteiger partial charge in [-0.15, -0.1) is 0 Å². The largest absolute Gasteiger partial charge is 0.466 e. The lowest BCUT2D eigenvalue weighted by atomic mass is 9.93. The fraction of sp³-hybridized carbons (Fsp3) is 0.611. The summed E-state index contributed by atoms with van der Waals surface area (Å²) in [5.41, 5.74) is 1.16. The SMILES string of the molecule is CCCCC(CC(=O)OCC)C(C)OCc1ccccc1. The number of ether oxygens (including phenoxy) is 2. The minimum atomic E-state index is -0.117. The Labute approximate surface area is 128 Å². The van der Waals surface area contributed by atoms with E-state index in [4.69, 9.17) is 9.47 Å². The van der Waals surface area contributed by atoms with Gasteiger partial charge in [0.15, 0.2) is 0 Å². The van der Waals surface area contributed by atoms with Gasteiger partial charge in [0.2, 0.25) is 0 Å². The molecule has 0 aliphatic heterocycles. The third-order valence-electron chi connectivity index (χ3n) is 3.68. The van der Waals surface area contributed by atoms with Gasteiger partial charge in [-0.25, -0.2) is 0 Å². The predicted octanol–water partition coefficient (Wildman–Crippen LogP) is 4.35. The molecule has 0 aliphatic carbocycles. The molecular weight excluding hydrogens is 264 g/mol. The van der Waals surface area contributed by atoms with Crippen molar-refractivity contribution in [1.29, 1.82) is 0 Å². The summed E-state index contributed by atoms with van der Waals surface area (Å²) in [5.74, 6) is 0.112. The molecule has 0 saturated carbocycles. The molecule has 1 aromatic rings. The second-order valence-electron chi connectivity index (χ2n) is 5.41. The highest BCUT2D eigenvalue weighted by molar-refractivity contribution is 5.69. The summed E-state index contributed by atoms with van der Waals surface area (Å²) >= 11 is 0. The van der Waals surface area contributed by atoms with Crippen LogP contribution in [0.3, 0.4) is 0 Å². The van der Waals surface area contributed by atoms with Crippen molar-refractivity contribution < 1.29 is 14.3 Å². The lowest BCUT2D eigenvalue weighted by Crippen LogP contribution is -2.24. The molecule has 0 fully saturated rings. The maximum absolute atomic E-state index is 11.7. The topological polar surface area (TPSA) is 35.5 Å². The first-order valence-corrected chi connectivity index (χ1v) is 7.98.